The molecule has 33 heavy (non-hydrogen) atoms. The highest BCUT2D eigenvalue weighted by atomic mass is 16.1. The average Bonchev–Trinajstić information content (AvgIpc) is 2.77. The summed E-state index contributed by atoms with van der Waals surface area (Å²) in [5, 5.41) is 0. The summed E-state index contributed by atoms with van der Waals surface area (Å²) in [6, 6.07) is 7.24. The van der Waals surface area contributed by atoms with E-state index in [2.05, 4.69) is 34.6 Å². The first-order valence-corrected chi connectivity index (χ1v) is 13.6. The zero-order chi connectivity index (χ0) is 24.4. The van der Waals surface area contributed by atoms with Crippen molar-refractivity contribution in [3.8, 4) is 0 Å². The summed E-state index contributed by atoms with van der Waals surface area (Å²) in [6.45, 7) is 13.6. The van der Waals surface area contributed by atoms with Gasteiger partial charge >= 0.3 is 0 Å². The van der Waals surface area contributed by atoms with Crippen LogP contribution in [-0.4, -0.2) is 11.6 Å². The molecule has 3 atom stereocenters. The monoisotopic (exact) mass is 452 g/mol. The van der Waals surface area contributed by atoms with E-state index in [9.17, 15) is 9.59 Å². The first kappa shape index (κ1) is 27.5. The zero-order valence-corrected chi connectivity index (χ0v) is 22.2. The highest BCUT2D eigenvalue weighted by Gasteiger charge is 2.29. The fraction of sp³-hybridized carbons (Fsp3) is 0.677. The van der Waals surface area contributed by atoms with Crippen molar-refractivity contribution < 1.29 is 9.59 Å². The third kappa shape index (κ3) is 8.87. The van der Waals surface area contributed by atoms with E-state index in [1.807, 2.05) is 19.1 Å². The quantitative estimate of drug-likeness (QED) is 0.266. The predicted octanol–water partition coefficient (Wildman–Crippen LogP) is 9.24. The minimum atomic E-state index is 0.0240. The molecule has 1 unspecified atom stereocenters. The highest BCUT2D eigenvalue weighted by Crippen LogP contribution is 2.30. The van der Waals surface area contributed by atoms with E-state index in [0.717, 1.165) is 36.2 Å². The maximum atomic E-state index is 12.9. The first-order chi connectivity index (χ1) is 15.7. The van der Waals surface area contributed by atoms with Gasteiger partial charge in [0.25, 0.3) is 0 Å². The van der Waals surface area contributed by atoms with Crippen LogP contribution in [0.1, 0.15) is 133 Å². The Hall–Kier alpha value is -1.70. The number of hydrogen-bond donors (Lipinski definition) is 0. The molecule has 0 heterocycles. The Morgan fingerprint density at radius 2 is 1.03 bits per heavy atom. The van der Waals surface area contributed by atoms with Crippen molar-refractivity contribution >= 4 is 11.6 Å². The van der Waals surface area contributed by atoms with Gasteiger partial charge in [-0.15, -0.1) is 0 Å². The molecule has 0 radical (unpaired) electrons. The smallest absolute Gasteiger partial charge is 0.190 e. The minimum Gasteiger partial charge on any atom is -0.289 e. The number of carbonyl (C=O) groups is 2. The van der Waals surface area contributed by atoms with Gasteiger partial charge in [0.05, 0.1) is 0 Å². The van der Waals surface area contributed by atoms with Crippen molar-refractivity contribution in [3.63, 3.8) is 0 Å². The van der Waals surface area contributed by atoms with E-state index in [4.69, 9.17) is 0 Å². The molecule has 1 aliphatic carbocycles. The molecule has 1 aromatic rings. The van der Waals surface area contributed by atoms with Gasteiger partial charge in [-0.2, -0.15) is 0 Å². The molecule has 0 bridgehead atoms. The fourth-order valence-corrected chi connectivity index (χ4v) is 5.18. The third-order valence-corrected chi connectivity index (χ3v) is 7.64. The van der Waals surface area contributed by atoms with Crippen LogP contribution in [0.4, 0.5) is 0 Å². The SMILES string of the molecule is CC1=C(CCC(C)CCC[C@H](C)CCC[C@H](C)CCCC(C)C)C(=O)c2ccccc2C1=O. The molecule has 184 valence electrons. The van der Waals surface area contributed by atoms with Crippen LogP contribution in [0.3, 0.4) is 0 Å². The van der Waals surface area contributed by atoms with Crippen LogP contribution in [0, 0.1) is 23.7 Å². The minimum absolute atomic E-state index is 0.0240. The Morgan fingerprint density at radius 3 is 1.52 bits per heavy atom. The topological polar surface area (TPSA) is 34.1 Å². The normalized spacial score (nSPS) is 16.8. The van der Waals surface area contributed by atoms with Gasteiger partial charge in [0.15, 0.2) is 11.6 Å². The molecule has 1 aromatic carbocycles. The van der Waals surface area contributed by atoms with E-state index in [-0.39, 0.29) is 11.6 Å². The number of Topliss-reactive ketones (excluding diaryl/α,β-unsaturated/α-hetero) is 2. The number of ketones is 2. The molecule has 0 amide bonds. The van der Waals surface area contributed by atoms with Gasteiger partial charge in [0.2, 0.25) is 0 Å². The van der Waals surface area contributed by atoms with Gasteiger partial charge in [-0.3, -0.25) is 9.59 Å². The molecule has 0 spiro atoms. The molecule has 0 saturated heterocycles. The zero-order valence-electron chi connectivity index (χ0n) is 22.2. The number of hydrogen-bond acceptors (Lipinski definition) is 2. The lowest BCUT2D eigenvalue weighted by Gasteiger charge is -2.20. The molecular formula is C31H48O2. The number of rotatable bonds is 15. The number of carbonyl (C=O) groups excluding carboxylic acids is 2. The summed E-state index contributed by atoms with van der Waals surface area (Å²) >= 11 is 0. The van der Waals surface area contributed by atoms with Crippen LogP contribution in [0.25, 0.3) is 0 Å². The van der Waals surface area contributed by atoms with Crippen LogP contribution in [0.5, 0.6) is 0 Å². The lowest BCUT2D eigenvalue weighted by molar-refractivity contribution is 0.0971. The Bertz CT molecular complexity index is 801. The van der Waals surface area contributed by atoms with Gasteiger partial charge in [0, 0.05) is 22.3 Å². The molecule has 0 aromatic heterocycles. The van der Waals surface area contributed by atoms with E-state index in [1.165, 1.54) is 57.8 Å². The summed E-state index contributed by atoms with van der Waals surface area (Å²) in [5.41, 5.74) is 2.54. The maximum absolute atomic E-state index is 12.9. The van der Waals surface area contributed by atoms with Crippen molar-refractivity contribution in [2.75, 3.05) is 0 Å². The van der Waals surface area contributed by atoms with Gasteiger partial charge < -0.3 is 0 Å². The number of benzene rings is 1. The molecule has 0 N–H and O–H groups in total. The molecule has 0 aliphatic heterocycles. The third-order valence-electron chi connectivity index (χ3n) is 7.64. The van der Waals surface area contributed by atoms with E-state index >= 15 is 0 Å². The lowest BCUT2D eigenvalue weighted by Crippen LogP contribution is -2.21. The second-order valence-electron chi connectivity index (χ2n) is 11.3. The van der Waals surface area contributed by atoms with E-state index in [0.29, 0.717) is 22.6 Å². The molecule has 0 fully saturated rings. The summed E-state index contributed by atoms with van der Waals surface area (Å²) in [4.78, 5) is 25.6. The van der Waals surface area contributed by atoms with Crippen LogP contribution in [-0.2, 0) is 0 Å². The lowest BCUT2D eigenvalue weighted by atomic mass is 9.81. The number of fused-ring (bicyclic) bond motifs is 1. The maximum Gasteiger partial charge on any atom is 0.190 e. The summed E-state index contributed by atoms with van der Waals surface area (Å²) in [5.74, 6) is 3.17. The van der Waals surface area contributed by atoms with Crippen molar-refractivity contribution in [1.29, 1.82) is 0 Å². The van der Waals surface area contributed by atoms with E-state index < -0.39 is 0 Å². The Kier molecular flexibility index (Phi) is 11.6. The summed E-state index contributed by atoms with van der Waals surface area (Å²) < 4.78 is 0. The van der Waals surface area contributed by atoms with E-state index in [1.54, 1.807) is 12.1 Å². The van der Waals surface area contributed by atoms with Gasteiger partial charge in [-0.25, -0.2) is 0 Å². The molecule has 2 heteroatoms. The van der Waals surface area contributed by atoms with Crippen LogP contribution < -0.4 is 0 Å². The second kappa shape index (κ2) is 13.9. The Balaban J connectivity index is 1.64. The molecular weight excluding hydrogens is 404 g/mol. The molecule has 0 saturated carbocycles. The highest BCUT2D eigenvalue weighted by molar-refractivity contribution is 6.26. The van der Waals surface area contributed by atoms with Crippen LogP contribution >= 0.6 is 0 Å². The molecule has 1 aliphatic rings. The standard InChI is InChI=1S/C31H48O2/c1-22(2)12-9-13-23(3)14-10-15-24(4)16-11-17-25(5)20-21-27-26(6)30(32)28-18-7-8-19-29(28)31(27)33/h7-8,18-19,22-25H,9-17,20-21H2,1-6H3/t23-,24-,25?/m1/s1. The first-order valence-electron chi connectivity index (χ1n) is 13.6. The van der Waals surface area contributed by atoms with Crippen molar-refractivity contribution in [2.45, 2.75) is 112 Å². The number of allylic oxidation sites excluding steroid dienone is 2. The second-order valence-corrected chi connectivity index (χ2v) is 11.3. The van der Waals surface area contributed by atoms with Crippen LogP contribution in [0.2, 0.25) is 0 Å². The van der Waals surface area contributed by atoms with Gasteiger partial charge in [-0.1, -0.05) is 117 Å². The van der Waals surface area contributed by atoms with Crippen molar-refractivity contribution in [3.05, 3.63) is 46.5 Å². The largest absolute Gasteiger partial charge is 0.289 e. The Morgan fingerprint density at radius 1 is 0.606 bits per heavy atom. The fourth-order valence-electron chi connectivity index (χ4n) is 5.18. The molecule has 2 rings (SSSR count). The average molecular weight is 453 g/mol. The summed E-state index contributed by atoms with van der Waals surface area (Å²) in [7, 11) is 0. The Labute approximate surface area is 203 Å². The summed E-state index contributed by atoms with van der Waals surface area (Å²) in [6.07, 6.45) is 13.7. The predicted molar refractivity (Wildman–Crippen MR) is 141 cm³/mol. The van der Waals surface area contributed by atoms with Crippen molar-refractivity contribution in [2.24, 2.45) is 23.7 Å². The van der Waals surface area contributed by atoms with Crippen molar-refractivity contribution in [1.82, 2.24) is 0 Å². The van der Waals surface area contributed by atoms with Gasteiger partial charge in [0.1, 0.15) is 0 Å². The van der Waals surface area contributed by atoms with Crippen LogP contribution in [0.15, 0.2) is 35.4 Å². The molecule has 2 nitrogen and oxygen atoms in total. The van der Waals surface area contributed by atoms with Gasteiger partial charge in [-0.05, 0) is 43.4 Å².